The monoisotopic (exact) mass is 413 g/mol. The molecule has 1 aromatic carbocycles. The minimum Gasteiger partial charge on any atom is -0.459 e. The minimum atomic E-state index is -0.386. The summed E-state index contributed by atoms with van der Waals surface area (Å²) in [6.07, 6.45) is 1.48. The fourth-order valence-electron chi connectivity index (χ4n) is 2.51. The molecular formula is C18H15N5O3S2. The van der Waals surface area contributed by atoms with E-state index in [1.165, 1.54) is 28.9 Å². The van der Waals surface area contributed by atoms with Gasteiger partial charge in [-0.25, -0.2) is 10.4 Å². The van der Waals surface area contributed by atoms with Gasteiger partial charge in [0, 0.05) is 12.4 Å². The zero-order valence-corrected chi connectivity index (χ0v) is 16.3. The van der Waals surface area contributed by atoms with Gasteiger partial charge in [0.2, 0.25) is 10.7 Å². The van der Waals surface area contributed by atoms with Gasteiger partial charge in [0.1, 0.15) is 0 Å². The summed E-state index contributed by atoms with van der Waals surface area (Å²) in [5.41, 5.74) is 4.16. The maximum atomic E-state index is 12.2. The third-order valence-electron chi connectivity index (χ3n) is 3.85. The maximum Gasteiger partial charge on any atom is 0.293 e. The Labute approximate surface area is 167 Å². The van der Waals surface area contributed by atoms with Crippen LogP contribution in [0.15, 0.2) is 57.6 Å². The second kappa shape index (κ2) is 7.79. The molecule has 0 unspecified atom stereocenters. The van der Waals surface area contributed by atoms with E-state index in [2.05, 4.69) is 20.8 Å². The number of aryl methyl sites for hydroxylation is 1. The van der Waals surface area contributed by atoms with Crippen molar-refractivity contribution in [3.63, 3.8) is 0 Å². The van der Waals surface area contributed by atoms with Crippen LogP contribution in [0, 0.1) is 0 Å². The van der Waals surface area contributed by atoms with Crippen molar-refractivity contribution in [2.45, 2.75) is 6.42 Å². The number of aromatic nitrogens is 2. The lowest BCUT2D eigenvalue weighted by molar-refractivity contribution is -0.120. The van der Waals surface area contributed by atoms with Gasteiger partial charge in [-0.05, 0) is 24.3 Å². The van der Waals surface area contributed by atoms with Crippen molar-refractivity contribution in [2.75, 3.05) is 5.32 Å². The molecule has 10 heteroatoms. The number of nitrogens with zero attached hydrogens (tertiary/aromatic N) is 3. The molecule has 0 spiro atoms. The van der Waals surface area contributed by atoms with Crippen LogP contribution in [-0.2, 0) is 18.3 Å². The number of hydrogen-bond acceptors (Lipinski definition) is 7. The molecule has 0 aliphatic heterocycles. The molecule has 142 valence electrons. The smallest absolute Gasteiger partial charge is 0.293 e. The van der Waals surface area contributed by atoms with E-state index in [0.717, 1.165) is 10.2 Å². The van der Waals surface area contributed by atoms with E-state index in [9.17, 15) is 9.59 Å². The van der Waals surface area contributed by atoms with Gasteiger partial charge >= 0.3 is 0 Å². The Morgan fingerprint density at radius 2 is 2.11 bits per heavy atom. The van der Waals surface area contributed by atoms with Gasteiger partial charge in [-0.2, -0.15) is 0 Å². The van der Waals surface area contributed by atoms with E-state index in [1.807, 2.05) is 35.9 Å². The number of nitrogens with one attached hydrogen (secondary N) is 2. The number of carbonyl (C=O) groups is 2. The normalized spacial score (nSPS) is 11.7. The lowest BCUT2D eigenvalue weighted by atomic mass is 10.3. The van der Waals surface area contributed by atoms with Crippen LogP contribution in [0.25, 0.3) is 10.2 Å². The average Bonchev–Trinajstić information content (AvgIpc) is 3.42. The average molecular weight is 413 g/mol. The molecule has 0 bridgehead atoms. The second-order valence-electron chi connectivity index (χ2n) is 5.81. The van der Waals surface area contributed by atoms with Crippen LogP contribution in [0.4, 0.5) is 5.13 Å². The molecule has 0 saturated heterocycles. The molecule has 0 radical (unpaired) electrons. The fourth-order valence-corrected chi connectivity index (χ4v) is 4.20. The lowest BCUT2D eigenvalue weighted by Crippen LogP contribution is -2.24. The van der Waals surface area contributed by atoms with Gasteiger partial charge in [0.15, 0.2) is 10.9 Å². The number of furan rings is 1. The summed E-state index contributed by atoms with van der Waals surface area (Å²) in [4.78, 5) is 29.1. The van der Waals surface area contributed by atoms with Crippen LogP contribution < -0.4 is 15.5 Å². The summed E-state index contributed by atoms with van der Waals surface area (Å²) < 4.78 is 8.05. The van der Waals surface area contributed by atoms with E-state index in [1.54, 1.807) is 17.5 Å². The highest BCUT2D eigenvalue weighted by Gasteiger charge is 2.13. The van der Waals surface area contributed by atoms with Crippen LogP contribution in [0.1, 0.15) is 16.2 Å². The fraction of sp³-hybridized carbons (Fsp3) is 0.111. The highest BCUT2D eigenvalue weighted by Crippen LogP contribution is 2.17. The molecule has 28 heavy (non-hydrogen) atoms. The first kappa shape index (κ1) is 18.1. The SMILES string of the molecule is Cn1/c(=N/NC(=O)Cc2csc(NC(=O)c3ccco3)n2)sc2ccccc21. The summed E-state index contributed by atoms with van der Waals surface area (Å²) in [5.74, 6) is -0.473. The first-order valence-corrected chi connectivity index (χ1v) is 9.96. The van der Waals surface area contributed by atoms with Gasteiger partial charge in [-0.1, -0.05) is 23.5 Å². The van der Waals surface area contributed by atoms with Gasteiger partial charge in [0.25, 0.3) is 5.91 Å². The number of benzene rings is 1. The molecule has 4 aromatic rings. The maximum absolute atomic E-state index is 12.2. The van der Waals surface area contributed by atoms with Crippen LogP contribution in [-0.4, -0.2) is 21.4 Å². The van der Waals surface area contributed by atoms with Crippen LogP contribution in [0.3, 0.4) is 0 Å². The zero-order chi connectivity index (χ0) is 19.5. The molecule has 2 N–H and O–H groups in total. The number of anilines is 1. The Balaban J connectivity index is 1.39. The summed E-state index contributed by atoms with van der Waals surface area (Å²) in [6, 6.07) is 11.1. The van der Waals surface area contributed by atoms with Crippen LogP contribution in [0.5, 0.6) is 0 Å². The summed E-state index contributed by atoms with van der Waals surface area (Å²) in [7, 11) is 1.90. The largest absolute Gasteiger partial charge is 0.459 e. The van der Waals surface area contributed by atoms with Crippen LogP contribution >= 0.6 is 22.7 Å². The minimum absolute atomic E-state index is 0.0607. The van der Waals surface area contributed by atoms with Crippen molar-refractivity contribution in [2.24, 2.45) is 12.1 Å². The Morgan fingerprint density at radius 1 is 1.25 bits per heavy atom. The third kappa shape index (κ3) is 3.87. The van der Waals surface area contributed by atoms with Crippen molar-refractivity contribution in [1.82, 2.24) is 15.0 Å². The number of hydrogen-bond donors (Lipinski definition) is 2. The molecule has 0 fully saturated rings. The molecule has 0 saturated carbocycles. The highest BCUT2D eigenvalue weighted by molar-refractivity contribution is 7.16. The van der Waals surface area contributed by atoms with Gasteiger partial charge in [-0.3, -0.25) is 14.9 Å². The van der Waals surface area contributed by atoms with E-state index in [-0.39, 0.29) is 24.0 Å². The second-order valence-corrected chi connectivity index (χ2v) is 7.68. The van der Waals surface area contributed by atoms with Crippen molar-refractivity contribution in [1.29, 1.82) is 0 Å². The first-order valence-electron chi connectivity index (χ1n) is 8.26. The molecule has 3 heterocycles. The van der Waals surface area contributed by atoms with Crippen molar-refractivity contribution in [3.05, 3.63) is 64.3 Å². The molecule has 2 amide bonds. The third-order valence-corrected chi connectivity index (χ3v) is 5.77. The van der Waals surface area contributed by atoms with Crippen molar-refractivity contribution in [3.8, 4) is 0 Å². The van der Waals surface area contributed by atoms with E-state index in [4.69, 9.17) is 4.42 Å². The summed E-state index contributed by atoms with van der Waals surface area (Å²) in [6.45, 7) is 0. The van der Waals surface area contributed by atoms with Crippen molar-refractivity contribution < 1.29 is 14.0 Å². The Morgan fingerprint density at radius 3 is 2.89 bits per heavy atom. The number of carbonyl (C=O) groups excluding carboxylic acids is 2. The number of amides is 2. The van der Waals surface area contributed by atoms with E-state index >= 15 is 0 Å². The van der Waals surface area contributed by atoms with E-state index in [0.29, 0.717) is 15.6 Å². The lowest BCUT2D eigenvalue weighted by Gasteiger charge is -1.98. The first-order chi connectivity index (χ1) is 13.6. The van der Waals surface area contributed by atoms with Gasteiger partial charge < -0.3 is 8.98 Å². The zero-order valence-electron chi connectivity index (χ0n) is 14.7. The van der Waals surface area contributed by atoms with E-state index < -0.39 is 0 Å². The van der Waals surface area contributed by atoms with Crippen molar-refractivity contribution >= 4 is 49.8 Å². The van der Waals surface area contributed by atoms with Crippen LogP contribution in [0.2, 0.25) is 0 Å². The molecule has 4 rings (SSSR count). The molecule has 3 aromatic heterocycles. The predicted molar refractivity (Wildman–Crippen MR) is 107 cm³/mol. The highest BCUT2D eigenvalue weighted by atomic mass is 32.1. The summed E-state index contributed by atoms with van der Waals surface area (Å²) >= 11 is 2.73. The number of thiazole rings is 2. The molecule has 0 aliphatic carbocycles. The molecule has 0 aliphatic rings. The van der Waals surface area contributed by atoms with Gasteiger partial charge in [-0.15, -0.1) is 16.4 Å². The molecular weight excluding hydrogens is 398 g/mol. The standard InChI is InChI=1S/C18H15N5O3S2/c1-23-12-5-2-3-7-14(12)28-18(23)22-21-15(24)9-11-10-27-17(19-11)20-16(25)13-6-4-8-26-13/h2-8,10H,9H2,1H3,(H,21,24)(H,19,20,25)/b22-18-. The predicted octanol–water partition coefficient (Wildman–Crippen LogP) is 2.72. The Hall–Kier alpha value is -3.24. The Kier molecular flexibility index (Phi) is 5.04. The Bertz CT molecular complexity index is 1200. The van der Waals surface area contributed by atoms with Gasteiger partial charge in [0.05, 0.1) is 28.6 Å². The number of para-hydroxylation sites is 1. The molecule has 8 nitrogen and oxygen atoms in total. The number of rotatable bonds is 5. The topological polar surface area (TPSA) is 102 Å². The quantitative estimate of drug-likeness (QED) is 0.491. The summed E-state index contributed by atoms with van der Waals surface area (Å²) in [5, 5.41) is 8.96. The molecule has 0 atom stereocenters. The number of fused-ring (bicyclic) bond motifs is 1.